The van der Waals surface area contributed by atoms with E-state index >= 15 is 0 Å². The highest BCUT2D eigenvalue weighted by Crippen LogP contribution is 2.58. The summed E-state index contributed by atoms with van der Waals surface area (Å²) in [6.07, 6.45) is 5.00. The number of hydrogen-bond donors (Lipinski definition) is 1. The monoisotopic (exact) mass is 243 g/mol. The highest BCUT2D eigenvalue weighted by molar-refractivity contribution is 5.34. The standard InChI is InChI=1S/C15H21N3/c1-15(2)7-11(15)14-17-12-5-6-16-8-10(12)13(18-14)9-3-4-9/h9,11,16H,3-8H2,1-2H3. The van der Waals surface area contributed by atoms with E-state index in [4.69, 9.17) is 9.97 Å². The quantitative estimate of drug-likeness (QED) is 0.867. The van der Waals surface area contributed by atoms with Gasteiger partial charge in [0.25, 0.3) is 0 Å². The second-order valence-electron chi connectivity index (χ2n) is 6.84. The molecule has 0 aromatic carbocycles. The molecule has 0 spiro atoms. The van der Waals surface area contributed by atoms with Gasteiger partial charge in [-0.05, 0) is 24.7 Å². The molecule has 4 rings (SSSR count). The zero-order chi connectivity index (χ0) is 12.3. The molecular formula is C15H21N3. The van der Waals surface area contributed by atoms with E-state index in [0.29, 0.717) is 11.3 Å². The molecule has 1 aliphatic heterocycles. The number of aromatic nitrogens is 2. The molecule has 0 saturated heterocycles. The predicted octanol–water partition coefficient (Wildman–Crippen LogP) is 2.51. The Balaban J connectivity index is 1.78. The van der Waals surface area contributed by atoms with Gasteiger partial charge in [-0.3, -0.25) is 0 Å². The van der Waals surface area contributed by atoms with Gasteiger partial charge in [-0.15, -0.1) is 0 Å². The number of fused-ring (bicyclic) bond motifs is 1. The van der Waals surface area contributed by atoms with E-state index in [1.165, 1.54) is 36.2 Å². The first-order valence-corrected chi connectivity index (χ1v) is 7.25. The van der Waals surface area contributed by atoms with Crippen molar-refractivity contribution in [1.29, 1.82) is 0 Å². The minimum absolute atomic E-state index is 0.433. The topological polar surface area (TPSA) is 37.8 Å². The van der Waals surface area contributed by atoms with Crippen LogP contribution in [0.5, 0.6) is 0 Å². The van der Waals surface area contributed by atoms with Crippen LogP contribution in [0.4, 0.5) is 0 Å². The first-order valence-electron chi connectivity index (χ1n) is 7.25. The Morgan fingerprint density at radius 3 is 2.67 bits per heavy atom. The molecule has 2 fully saturated rings. The fourth-order valence-electron chi connectivity index (χ4n) is 3.15. The molecule has 0 bridgehead atoms. The molecular weight excluding hydrogens is 222 g/mol. The highest BCUT2D eigenvalue weighted by Gasteiger charge is 2.49. The van der Waals surface area contributed by atoms with Crippen molar-refractivity contribution in [3.05, 3.63) is 22.8 Å². The van der Waals surface area contributed by atoms with Crippen LogP contribution < -0.4 is 5.32 Å². The van der Waals surface area contributed by atoms with Gasteiger partial charge < -0.3 is 5.32 Å². The van der Waals surface area contributed by atoms with Gasteiger partial charge in [0.1, 0.15) is 5.82 Å². The minimum atomic E-state index is 0.433. The summed E-state index contributed by atoms with van der Waals surface area (Å²) < 4.78 is 0. The van der Waals surface area contributed by atoms with Crippen molar-refractivity contribution in [3.8, 4) is 0 Å². The van der Waals surface area contributed by atoms with Gasteiger partial charge in [0.2, 0.25) is 0 Å². The molecule has 2 aliphatic carbocycles. The molecule has 2 saturated carbocycles. The van der Waals surface area contributed by atoms with Crippen LogP contribution in [-0.4, -0.2) is 16.5 Å². The van der Waals surface area contributed by atoms with Crippen LogP contribution in [0.3, 0.4) is 0 Å². The molecule has 2 heterocycles. The van der Waals surface area contributed by atoms with Gasteiger partial charge in [-0.25, -0.2) is 9.97 Å². The third-order valence-corrected chi connectivity index (χ3v) is 4.77. The van der Waals surface area contributed by atoms with Crippen molar-refractivity contribution >= 4 is 0 Å². The molecule has 3 aliphatic rings. The Hall–Kier alpha value is -0.960. The van der Waals surface area contributed by atoms with E-state index in [9.17, 15) is 0 Å². The Morgan fingerprint density at radius 1 is 1.22 bits per heavy atom. The highest BCUT2D eigenvalue weighted by atomic mass is 15.0. The molecule has 0 radical (unpaired) electrons. The third-order valence-electron chi connectivity index (χ3n) is 4.77. The summed E-state index contributed by atoms with van der Waals surface area (Å²) in [7, 11) is 0. The predicted molar refractivity (Wildman–Crippen MR) is 70.6 cm³/mol. The van der Waals surface area contributed by atoms with Crippen LogP contribution in [0, 0.1) is 5.41 Å². The summed E-state index contributed by atoms with van der Waals surface area (Å²) in [5.74, 6) is 2.49. The summed E-state index contributed by atoms with van der Waals surface area (Å²) in [4.78, 5) is 9.85. The lowest BCUT2D eigenvalue weighted by Gasteiger charge is -2.20. The van der Waals surface area contributed by atoms with Crippen molar-refractivity contribution in [3.63, 3.8) is 0 Å². The van der Waals surface area contributed by atoms with Crippen LogP contribution >= 0.6 is 0 Å². The lowest BCUT2D eigenvalue weighted by Crippen LogP contribution is -2.27. The van der Waals surface area contributed by atoms with Crippen molar-refractivity contribution in [2.24, 2.45) is 5.41 Å². The molecule has 1 N–H and O–H groups in total. The Labute approximate surface area is 108 Å². The van der Waals surface area contributed by atoms with E-state index in [2.05, 4.69) is 19.2 Å². The van der Waals surface area contributed by atoms with Gasteiger partial charge in [0, 0.05) is 36.9 Å². The van der Waals surface area contributed by atoms with Crippen molar-refractivity contribution in [2.45, 2.75) is 57.9 Å². The van der Waals surface area contributed by atoms with Crippen molar-refractivity contribution in [1.82, 2.24) is 15.3 Å². The number of nitrogens with zero attached hydrogens (tertiary/aromatic N) is 2. The molecule has 1 atom stereocenters. The fourth-order valence-corrected chi connectivity index (χ4v) is 3.15. The lowest BCUT2D eigenvalue weighted by molar-refractivity contribution is 0.583. The van der Waals surface area contributed by atoms with Crippen molar-refractivity contribution < 1.29 is 0 Å². The Morgan fingerprint density at radius 2 is 2.00 bits per heavy atom. The summed E-state index contributed by atoms with van der Waals surface area (Å²) in [5, 5.41) is 3.46. The van der Waals surface area contributed by atoms with E-state index in [0.717, 1.165) is 31.3 Å². The maximum atomic E-state index is 4.95. The molecule has 1 aromatic rings. The van der Waals surface area contributed by atoms with Gasteiger partial charge in [-0.2, -0.15) is 0 Å². The number of nitrogens with one attached hydrogen (secondary N) is 1. The van der Waals surface area contributed by atoms with Crippen molar-refractivity contribution in [2.75, 3.05) is 6.54 Å². The lowest BCUT2D eigenvalue weighted by atomic mass is 10.0. The van der Waals surface area contributed by atoms with Gasteiger partial charge >= 0.3 is 0 Å². The molecule has 1 unspecified atom stereocenters. The molecule has 0 amide bonds. The molecule has 3 heteroatoms. The molecule has 1 aromatic heterocycles. The van der Waals surface area contributed by atoms with Gasteiger partial charge in [0.15, 0.2) is 0 Å². The summed E-state index contributed by atoms with van der Waals surface area (Å²) >= 11 is 0. The van der Waals surface area contributed by atoms with E-state index in [-0.39, 0.29) is 0 Å². The summed E-state index contributed by atoms with van der Waals surface area (Å²) in [5.41, 5.74) is 4.57. The van der Waals surface area contributed by atoms with Crippen LogP contribution in [0.2, 0.25) is 0 Å². The third kappa shape index (κ3) is 1.68. The van der Waals surface area contributed by atoms with Crippen LogP contribution in [0.25, 0.3) is 0 Å². The Kier molecular flexibility index (Phi) is 2.14. The van der Waals surface area contributed by atoms with Crippen LogP contribution in [0.15, 0.2) is 0 Å². The summed E-state index contributed by atoms with van der Waals surface area (Å²) in [6.45, 7) is 6.72. The minimum Gasteiger partial charge on any atom is -0.312 e. The Bertz CT molecular complexity index is 503. The first kappa shape index (κ1) is 10.9. The summed E-state index contributed by atoms with van der Waals surface area (Å²) in [6, 6.07) is 0. The molecule has 3 nitrogen and oxygen atoms in total. The van der Waals surface area contributed by atoms with E-state index in [1.807, 2.05) is 0 Å². The zero-order valence-electron chi connectivity index (χ0n) is 11.3. The number of rotatable bonds is 2. The maximum absolute atomic E-state index is 4.95. The first-order chi connectivity index (χ1) is 8.65. The fraction of sp³-hybridized carbons (Fsp3) is 0.733. The smallest absolute Gasteiger partial charge is 0.132 e. The number of hydrogen-bond acceptors (Lipinski definition) is 3. The SMILES string of the molecule is CC1(C)CC1c1nc2c(c(C3CC3)n1)CNCC2. The van der Waals surface area contributed by atoms with Gasteiger partial charge in [-0.1, -0.05) is 13.8 Å². The molecule has 96 valence electrons. The molecule has 18 heavy (non-hydrogen) atoms. The second-order valence-corrected chi connectivity index (χ2v) is 6.84. The zero-order valence-corrected chi connectivity index (χ0v) is 11.3. The van der Waals surface area contributed by atoms with E-state index < -0.39 is 0 Å². The van der Waals surface area contributed by atoms with E-state index in [1.54, 1.807) is 0 Å². The van der Waals surface area contributed by atoms with Gasteiger partial charge in [0.05, 0.1) is 11.4 Å². The average molecular weight is 243 g/mol. The average Bonchev–Trinajstić information content (AvgIpc) is 3.25. The van der Waals surface area contributed by atoms with Crippen LogP contribution in [0.1, 0.15) is 67.7 Å². The largest absolute Gasteiger partial charge is 0.312 e. The maximum Gasteiger partial charge on any atom is 0.132 e. The normalized spacial score (nSPS) is 28.9. The van der Waals surface area contributed by atoms with Crippen LogP contribution in [-0.2, 0) is 13.0 Å². The second kappa shape index (κ2) is 3.53.